The van der Waals surface area contributed by atoms with Gasteiger partial charge in [0.2, 0.25) is 6.79 Å². The molecule has 2 aliphatic heterocycles. The maximum absolute atomic E-state index is 12.4. The summed E-state index contributed by atoms with van der Waals surface area (Å²) in [5.74, 6) is 0.418. The highest BCUT2D eigenvalue weighted by molar-refractivity contribution is 6.21. The SMILES string of the molecule is Cc1ccc2c(c1)C(=O)N(CCCC(=O)Oc1ccc3c(c1)OCO3)C2=O. The molecule has 0 saturated heterocycles. The van der Waals surface area contributed by atoms with Crippen LogP contribution in [0, 0.1) is 6.92 Å². The number of imide groups is 1. The predicted octanol–water partition coefficient (Wildman–Crippen LogP) is 2.71. The Balaban J connectivity index is 1.32. The van der Waals surface area contributed by atoms with E-state index in [4.69, 9.17) is 14.2 Å². The molecule has 0 spiro atoms. The molecule has 0 bridgehead atoms. The van der Waals surface area contributed by atoms with Crippen molar-refractivity contribution in [2.45, 2.75) is 19.8 Å². The van der Waals surface area contributed by atoms with Gasteiger partial charge in [-0.1, -0.05) is 11.6 Å². The third kappa shape index (κ3) is 3.23. The molecule has 0 N–H and O–H groups in total. The summed E-state index contributed by atoms with van der Waals surface area (Å²) in [4.78, 5) is 38.0. The molecule has 2 aromatic carbocycles. The Bertz CT molecular complexity index is 951. The van der Waals surface area contributed by atoms with Gasteiger partial charge in [-0.25, -0.2) is 0 Å². The lowest BCUT2D eigenvalue weighted by Gasteiger charge is -2.13. The third-order valence-electron chi connectivity index (χ3n) is 4.46. The summed E-state index contributed by atoms with van der Waals surface area (Å²) in [7, 11) is 0. The van der Waals surface area contributed by atoms with E-state index in [1.165, 1.54) is 4.90 Å². The van der Waals surface area contributed by atoms with Crippen LogP contribution in [0.2, 0.25) is 0 Å². The first-order valence-corrected chi connectivity index (χ1v) is 8.60. The second-order valence-corrected chi connectivity index (χ2v) is 6.40. The molecule has 0 atom stereocenters. The van der Waals surface area contributed by atoms with E-state index in [2.05, 4.69) is 0 Å². The Morgan fingerprint density at radius 1 is 1.04 bits per heavy atom. The van der Waals surface area contributed by atoms with E-state index in [1.807, 2.05) is 6.92 Å². The fourth-order valence-electron chi connectivity index (χ4n) is 3.11. The van der Waals surface area contributed by atoms with Crippen LogP contribution < -0.4 is 14.2 Å². The van der Waals surface area contributed by atoms with Gasteiger partial charge in [-0.3, -0.25) is 19.3 Å². The van der Waals surface area contributed by atoms with Crippen LogP contribution in [-0.2, 0) is 4.79 Å². The second kappa shape index (κ2) is 6.75. The summed E-state index contributed by atoms with van der Waals surface area (Å²) >= 11 is 0. The minimum Gasteiger partial charge on any atom is -0.454 e. The molecule has 2 amide bonds. The maximum atomic E-state index is 12.4. The van der Waals surface area contributed by atoms with Crippen molar-refractivity contribution in [1.29, 1.82) is 0 Å². The molecule has 0 radical (unpaired) electrons. The van der Waals surface area contributed by atoms with Gasteiger partial charge in [0.1, 0.15) is 5.75 Å². The van der Waals surface area contributed by atoms with Crippen molar-refractivity contribution in [1.82, 2.24) is 4.90 Å². The van der Waals surface area contributed by atoms with Gasteiger partial charge in [0.25, 0.3) is 11.8 Å². The van der Waals surface area contributed by atoms with Crippen molar-refractivity contribution in [2.75, 3.05) is 13.3 Å². The van der Waals surface area contributed by atoms with E-state index in [9.17, 15) is 14.4 Å². The van der Waals surface area contributed by atoms with Crippen molar-refractivity contribution in [3.05, 3.63) is 53.1 Å². The first kappa shape index (κ1) is 17.1. The summed E-state index contributed by atoms with van der Waals surface area (Å²) in [5, 5.41) is 0. The van der Waals surface area contributed by atoms with Crippen molar-refractivity contribution >= 4 is 17.8 Å². The average molecular weight is 367 g/mol. The highest BCUT2D eigenvalue weighted by Gasteiger charge is 2.35. The molecule has 2 heterocycles. The summed E-state index contributed by atoms with van der Waals surface area (Å²) in [6, 6.07) is 10.1. The van der Waals surface area contributed by atoms with Crippen LogP contribution in [0.4, 0.5) is 0 Å². The molecule has 27 heavy (non-hydrogen) atoms. The smallest absolute Gasteiger partial charge is 0.311 e. The number of amides is 2. The molecule has 2 aromatic rings. The second-order valence-electron chi connectivity index (χ2n) is 6.40. The molecule has 7 heteroatoms. The zero-order valence-corrected chi connectivity index (χ0v) is 14.7. The Morgan fingerprint density at radius 2 is 1.81 bits per heavy atom. The first-order valence-electron chi connectivity index (χ1n) is 8.60. The molecule has 4 rings (SSSR count). The Kier molecular flexibility index (Phi) is 4.27. The van der Waals surface area contributed by atoms with Crippen molar-refractivity contribution in [3.63, 3.8) is 0 Å². The maximum Gasteiger partial charge on any atom is 0.311 e. The Labute approximate surface area is 155 Å². The number of hydrogen-bond donors (Lipinski definition) is 0. The normalized spacial score (nSPS) is 14.5. The number of carbonyl (C=O) groups excluding carboxylic acids is 3. The third-order valence-corrected chi connectivity index (χ3v) is 4.46. The quantitative estimate of drug-likeness (QED) is 0.459. The van der Waals surface area contributed by atoms with Gasteiger partial charge >= 0.3 is 5.97 Å². The van der Waals surface area contributed by atoms with E-state index in [1.54, 1.807) is 36.4 Å². The largest absolute Gasteiger partial charge is 0.454 e. The van der Waals surface area contributed by atoms with Gasteiger partial charge in [-0.15, -0.1) is 0 Å². The van der Waals surface area contributed by atoms with Crippen molar-refractivity contribution < 1.29 is 28.6 Å². The predicted molar refractivity (Wildman–Crippen MR) is 94.0 cm³/mol. The molecular formula is C20H17NO6. The Morgan fingerprint density at radius 3 is 2.67 bits per heavy atom. The zero-order valence-electron chi connectivity index (χ0n) is 14.7. The van der Waals surface area contributed by atoms with Gasteiger partial charge in [-0.2, -0.15) is 0 Å². The van der Waals surface area contributed by atoms with E-state index >= 15 is 0 Å². The number of aryl methyl sites for hydroxylation is 1. The van der Waals surface area contributed by atoms with Crippen molar-refractivity contribution in [3.8, 4) is 17.2 Å². The standard InChI is InChI=1S/C20H17NO6/c1-12-4-6-14-15(9-12)20(24)21(19(14)23)8-2-3-18(22)27-13-5-7-16-17(10-13)26-11-25-16/h4-7,9-10H,2-3,8,11H2,1H3. The molecule has 0 aromatic heterocycles. The number of benzene rings is 2. The minimum atomic E-state index is -0.443. The lowest BCUT2D eigenvalue weighted by Crippen LogP contribution is -2.31. The lowest BCUT2D eigenvalue weighted by atomic mass is 10.1. The molecular weight excluding hydrogens is 350 g/mol. The molecule has 0 fully saturated rings. The topological polar surface area (TPSA) is 82.1 Å². The fraction of sp³-hybridized carbons (Fsp3) is 0.250. The zero-order chi connectivity index (χ0) is 19.0. The lowest BCUT2D eigenvalue weighted by molar-refractivity contribution is -0.134. The highest BCUT2D eigenvalue weighted by atomic mass is 16.7. The van der Waals surface area contributed by atoms with Gasteiger partial charge in [0.15, 0.2) is 11.5 Å². The molecule has 138 valence electrons. The van der Waals surface area contributed by atoms with Gasteiger partial charge in [-0.05, 0) is 37.6 Å². The number of esters is 1. The summed E-state index contributed by atoms with van der Waals surface area (Å²) in [6.07, 6.45) is 0.411. The summed E-state index contributed by atoms with van der Waals surface area (Å²) < 4.78 is 15.7. The van der Waals surface area contributed by atoms with E-state index in [0.29, 0.717) is 34.8 Å². The number of ether oxygens (including phenoxy) is 3. The average Bonchev–Trinajstić information content (AvgIpc) is 3.19. The van der Waals surface area contributed by atoms with Gasteiger partial charge < -0.3 is 14.2 Å². The number of carbonyl (C=O) groups is 3. The Hall–Kier alpha value is -3.35. The molecule has 0 aliphatic carbocycles. The van der Waals surface area contributed by atoms with Crippen LogP contribution in [0.25, 0.3) is 0 Å². The minimum absolute atomic E-state index is 0.0842. The van der Waals surface area contributed by atoms with Crippen LogP contribution in [0.3, 0.4) is 0 Å². The number of hydrogen-bond acceptors (Lipinski definition) is 6. The summed E-state index contributed by atoms with van der Waals surface area (Å²) in [6.45, 7) is 2.18. The van der Waals surface area contributed by atoms with Gasteiger partial charge in [0, 0.05) is 19.0 Å². The summed E-state index contributed by atoms with van der Waals surface area (Å²) in [5.41, 5.74) is 1.75. The van der Waals surface area contributed by atoms with Crippen LogP contribution >= 0.6 is 0 Å². The van der Waals surface area contributed by atoms with Crippen LogP contribution in [-0.4, -0.2) is 36.0 Å². The molecule has 7 nitrogen and oxygen atoms in total. The highest BCUT2D eigenvalue weighted by Crippen LogP contribution is 2.35. The van der Waals surface area contributed by atoms with E-state index in [-0.39, 0.29) is 31.6 Å². The number of rotatable bonds is 5. The number of nitrogens with zero attached hydrogens (tertiary/aromatic N) is 1. The van der Waals surface area contributed by atoms with Crippen molar-refractivity contribution in [2.24, 2.45) is 0 Å². The molecule has 0 saturated carbocycles. The van der Waals surface area contributed by atoms with E-state index in [0.717, 1.165) is 5.56 Å². The molecule has 0 unspecified atom stereocenters. The first-order chi connectivity index (χ1) is 13.0. The monoisotopic (exact) mass is 367 g/mol. The van der Waals surface area contributed by atoms with E-state index < -0.39 is 5.97 Å². The van der Waals surface area contributed by atoms with Crippen LogP contribution in [0.1, 0.15) is 39.1 Å². The number of fused-ring (bicyclic) bond motifs is 2. The molecule has 2 aliphatic rings. The fourth-order valence-corrected chi connectivity index (χ4v) is 3.11. The van der Waals surface area contributed by atoms with Crippen LogP contribution in [0.5, 0.6) is 17.2 Å². The van der Waals surface area contributed by atoms with Gasteiger partial charge in [0.05, 0.1) is 11.1 Å². The van der Waals surface area contributed by atoms with Crippen LogP contribution in [0.15, 0.2) is 36.4 Å².